The number of hydrogen-bond acceptors (Lipinski definition) is 4. The molecule has 5 heteroatoms. The Labute approximate surface area is 76.4 Å². The zero-order valence-electron chi connectivity index (χ0n) is 7.56. The van der Waals surface area contributed by atoms with Crippen LogP contribution in [0.25, 0.3) is 0 Å². The summed E-state index contributed by atoms with van der Waals surface area (Å²) in [5.41, 5.74) is 0. The van der Waals surface area contributed by atoms with Gasteiger partial charge in [0.1, 0.15) is 0 Å². The summed E-state index contributed by atoms with van der Waals surface area (Å²) in [6.45, 7) is 1.22. The number of nitrogens with two attached hydrogens (primary N) is 1. The summed E-state index contributed by atoms with van der Waals surface area (Å²) in [6, 6.07) is 0. The second-order valence-electron chi connectivity index (χ2n) is 3.73. The number of nitrogens with zero attached hydrogens (tertiary/aromatic N) is 2. The van der Waals surface area contributed by atoms with Gasteiger partial charge in [0.15, 0.2) is 0 Å². The van der Waals surface area contributed by atoms with Crippen LogP contribution in [0.1, 0.15) is 6.42 Å². The van der Waals surface area contributed by atoms with E-state index >= 15 is 0 Å². The Morgan fingerprint density at radius 3 is 2.62 bits per heavy atom. The summed E-state index contributed by atoms with van der Waals surface area (Å²) < 4.78 is 0. The molecule has 0 bridgehead atoms. The summed E-state index contributed by atoms with van der Waals surface area (Å²) in [5.74, 6) is 5.17. The maximum absolute atomic E-state index is 11.5. The molecule has 5 nitrogen and oxygen atoms in total. The van der Waals surface area contributed by atoms with Crippen molar-refractivity contribution in [2.75, 3.05) is 20.1 Å². The third-order valence-electron chi connectivity index (χ3n) is 2.94. The molecule has 2 amide bonds. The van der Waals surface area contributed by atoms with Gasteiger partial charge in [-0.15, -0.1) is 0 Å². The molecule has 13 heavy (non-hydrogen) atoms. The van der Waals surface area contributed by atoms with Gasteiger partial charge in [-0.2, -0.15) is 0 Å². The van der Waals surface area contributed by atoms with Crippen molar-refractivity contribution in [1.29, 1.82) is 0 Å². The van der Waals surface area contributed by atoms with Gasteiger partial charge < -0.3 is 0 Å². The van der Waals surface area contributed by atoms with Gasteiger partial charge >= 0.3 is 0 Å². The first-order valence-corrected chi connectivity index (χ1v) is 4.42. The van der Waals surface area contributed by atoms with Crippen LogP contribution in [0.3, 0.4) is 0 Å². The topological polar surface area (TPSA) is 66.6 Å². The summed E-state index contributed by atoms with van der Waals surface area (Å²) in [7, 11) is 1.55. The van der Waals surface area contributed by atoms with E-state index < -0.39 is 0 Å². The SMILES string of the molecule is CN1C(=O)[C@@H]2CCN(N)C[C@H]2C1=O. The zero-order valence-corrected chi connectivity index (χ0v) is 7.56. The van der Waals surface area contributed by atoms with Crippen LogP contribution >= 0.6 is 0 Å². The third-order valence-corrected chi connectivity index (χ3v) is 2.94. The summed E-state index contributed by atoms with van der Waals surface area (Å²) in [6.07, 6.45) is 0.704. The minimum Gasteiger partial charge on any atom is -0.285 e. The van der Waals surface area contributed by atoms with Crippen molar-refractivity contribution in [2.45, 2.75) is 6.42 Å². The molecule has 72 valence electrons. The van der Waals surface area contributed by atoms with Crippen LogP contribution < -0.4 is 5.84 Å². The number of hydrogen-bond donors (Lipinski definition) is 1. The van der Waals surface area contributed by atoms with Gasteiger partial charge in [-0.05, 0) is 6.42 Å². The van der Waals surface area contributed by atoms with Crippen LogP contribution in [0.5, 0.6) is 0 Å². The summed E-state index contributed by atoms with van der Waals surface area (Å²) in [5, 5.41) is 1.62. The van der Waals surface area contributed by atoms with E-state index in [0.29, 0.717) is 19.5 Å². The van der Waals surface area contributed by atoms with E-state index in [2.05, 4.69) is 0 Å². The van der Waals surface area contributed by atoms with Crippen molar-refractivity contribution in [3.05, 3.63) is 0 Å². The Morgan fingerprint density at radius 2 is 1.92 bits per heavy atom. The van der Waals surface area contributed by atoms with Crippen LogP contribution in [0.4, 0.5) is 0 Å². The lowest BCUT2D eigenvalue weighted by Gasteiger charge is -2.28. The molecule has 0 radical (unpaired) electrons. The molecule has 0 aliphatic carbocycles. The largest absolute Gasteiger partial charge is 0.285 e. The minimum atomic E-state index is -0.198. The van der Waals surface area contributed by atoms with Gasteiger partial charge in [-0.3, -0.25) is 20.3 Å². The van der Waals surface area contributed by atoms with Crippen molar-refractivity contribution in [3.8, 4) is 0 Å². The van der Waals surface area contributed by atoms with Crippen LogP contribution in [-0.2, 0) is 9.59 Å². The minimum absolute atomic E-state index is 0.0388. The van der Waals surface area contributed by atoms with E-state index in [0.717, 1.165) is 0 Å². The van der Waals surface area contributed by atoms with E-state index in [9.17, 15) is 9.59 Å². The Bertz CT molecular complexity index is 266. The zero-order chi connectivity index (χ0) is 9.59. The van der Waals surface area contributed by atoms with Gasteiger partial charge in [0, 0.05) is 20.1 Å². The molecule has 0 saturated carbocycles. The molecule has 0 spiro atoms. The Morgan fingerprint density at radius 1 is 1.31 bits per heavy atom. The highest BCUT2D eigenvalue weighted by Gasteiger charge is 2.47. The number of carbonyl (C=O) groups excluding carboxylic acids is 2. The molecule has 2 rings (SSSR count). The van der Waals surface area contributed by atoms with Crippen LogP contribution in [-0.4, -0.2) is 41.9 Å². The van der Waals surface area contributed by atoms with E-state index in [-0.39, 0.29) is 23.7 Å². The molecule has 0 unspecified atom stereocenters. The average molecular weight is 183 g/mol. The van der Waals surface area contributed by atoms with Gasteiger partial charge in [-0.1, -0.05) is 0 Å². The first kappa shape index (κ1) is 8.65. The number of likely N-dealkylation sites (tertiary alicyclic amines) is 1. The highest BCUT2D eigenvalue weighted by molar-refractivity contribution is 6.05. The quantitative estimate of drug-likeness (QED) is 0.378. The number of piperidine rings is 1. The monoisotopic (exact) mass is 183 g/mol. The van der Waals surface area contributed by atoms with Crippen molar-refractivity contribution < 1.29 is 9.59 Å². The van der Waals surface area contributed by atoms with Crippen LogP contribution in [0.2, 0.25) is 0 Å². The van der Waals surface area contributed by atoms with E-state index in [1.807, 2.05) is 0 Å². The third kappa shape index (κ3) is 1.15. The molecule has 2 heterocycles. The lowest BCUT2D eigenvalue weighted by atomic mass is 9.88. The van der Waals surface area contributed by atoms with Gasteiger partial charge in [0.25, 0.3) is 0 Å². The predicted molar refractivity (Wildman–Crippen MR) is 45.1 cm³/mol. The van der Waals surface area contributed by atoms with Gasteiger partial charge in [0.2, 0.25) is 11.8 Å². The molecule has 2 aliphatic heterocycles. The molecule has 0 aromatic heterocycles. The fourth-order valence-corrected chi connectivity index (χ4v) is 2.13. The molecule has 2 N–H and O–H groups in total. The predicted octanol–water partition coefficient (Wildman–Crippen LogP) is -1.20. The molecule has 0 aromatic rings. The van der Waals surface area contributed by atoms with E-state index in [1.54, 1.807) is 12.1 Å². The number of hydrazine groups is 1. The normalized spacial score (nSPS) is 35.4. The second kappa shape index (κ2) is 2.78. The first-order valence-electron chi connectivity index (χ1n) is 4.42. The molecule has 0 aromatic carbocycles. The second-order valence-corrected chi connectivity index (χ2v) is 3.73. The van der Waals surface area contributed by atoms with E-state index in [4.69, 9.17) is 5.84 Å². The van der Waals surface area contributed by atoms with Crippen LogP contribution in [0, 0.1) is 11.8 Å². The first-order chi connectivity index (χ1) is 6.11. The Hall–Kier alpha value is -0.940. The number of fused-ring (bicyclic) bond motifs is 1. The smallest absolute Gasteiger partial charge is 0.234 e. The highest BCUT2D eigenvalue weighted by Crippen LogP contribution is 2.31. The lowest BCUT2D eigenvalue weighted by Crippen LogP contribution is -2.45. The average Bonchev–Trinajstić information content (AvgIpc) is 2.32. The van der Waals surface area contributed by atoms with Crippen molar-refractivity contribution in [3.63, 3.8) is 0 Å². The standard InChI is InChI=1S/C8H13N3O2/c1-10-7(12)5-2-3-11(9)4-6(5)8(10)13/h5-6H,2-4,9H2,1H3/t5-,6-/m1/s1. The fourth-order valence-electron chi connectivity index (χ4n) is 2.13. The maximum Gasteiger partial charge on any atom is 0.234 e. The van der Waals surface area contributed by atoms with Crippen LogP contribution in [0.15, 0.2) is 0 Å². The van der Waals surface area contributed by atoms with Crippen molar-refractivity contribution >= 4 is 11.8 Å². The Balaban J connectivity index is 2.22. The molecular weight excluding hydrogens is 170 g/mol. The lowest BCUT2D eigenvalue weighted by molar-refractivity contribution is -0.138. The molecule has 2 aliphatic rings. The maximum atomic E-state index is 11.5. The number of carbonyl (C=O) groups is 2. The van der Waals surface area contributed by atoms with E-state index in [1.165, 1.54) is 4.90 Å². The summed E-state index contributed by atoms with van der Waals surface area (Å²) >= 11 is 0. The molecule has 2 saturated heterocycles. The van der Waals surface area contributed by atoms with Gasteiger partial charge in [-0.25, -0.2) is 5.01 Å². The number of amides is 2. The van der Waals surface area contributed by atoms with Crippen molar-refractivity contribution in [1.82, 2.24) is 9.91 Å². The Kier molecular flexibility index (Phi) is 1.85. The number of rotatable bonds is 0. The number of imide groups is 1. The molecule has 2 atom stereocenters. The fraction of sp³-hybridized carbons (Fsp3) is 0.750. The summed E-state index contributed by atoms with van der Waals surface area (Å²) in [4.78, 5) is 24.3. The molecular formula is C8H13N3O2. The van der Waals surface area contributed by atoms with Crippen molar-refractivity contribution in [2.24, 2.45) is 17.7 Å². The highest BCUT2D eigenvalue weighted by atomic mass is 16.2. The molecule has 2 fully saturated rings. The van der Waals surface area contributed by atoms with Gasteiger partial charge in [0.05, 0.1) is 11.8 Å².